The van der Waals surface area contributed by atoms with E-state index >= 15 is 0 Å². The molecule has 10 heteroatoms. The highest BCUT2D eigenvalue weighted by Gasteiger charge is 2.65. The molecule has 0 radical (unpaired) electrons. The molecule has 2 fully saturated rings. The third kappa shape index (κ3) is 5.08. The van der Waals surface area contributed by atoms with E-state index in [9.17, 15) is 19.5 Å². The van der Waals surface area contributed by atoms with E-state index in [1.54, 1.807) is 34.6 Å². The van der Waals surface area contributed by atoms with Crippen molar-refractivity contribution in [3.63, 3.8) is 0 Å². The summed E-state index contributed by atoms with van der Waals surface area (Å²) < 4.78 is 11.7. The molecule has 166 valence electrons. The lowest BCUT2D eigenvalue weighted by atomic mass is 9.80. The number of amides is 2. The van der Waals surface area contributed by atoms with Crippen molar-refractivity contribution >= 4 is 39.5 Å². The Balaban J connectivity index is 2.40. The molecule has 0 aromatic carbocycles. The Kier molecular flexibility index (Phi) is 6.43. The van der Waals surface area contributed by atoms with Crippen LogP contribution in [0.1, 0.15) is 61.8 Å². The normalized spacial score (nSPS) is 28.1. The molecule has 29 heavy (non-hydrogen) atoms. The minimum Gasteiger partial charge on any atom is -0.480 e. The first-order valence-corrected chi connectivity index (χ1v) is 12.1. The van der Waals surface area contributed by atoms with Crippen LogP contribution in [0.2, 0.25) is 5.04 Å². The molecular weight excluding hydrogens is 412 g/mol. The smallest absolute Gasteiger partial charge is 0.408 e. The number of thioether (sulfide) groups is 1. The Morgan fingerprint density at radius 3 is 2.28 bits per heavy atom. The maximum Gasteiger partial charge on any atom is 0.408 e. The number of hydrogen-bond donors (Lipinski definition) is 2. The molecule has 2 heterocycles. The molecule has 0 aliphatic carbocycles. The number of carbonyl (C=O) groups excluding carboxylic acids is 2. The van der Waals surface area contributed by atoms with Gasteiger partial charge in [0, 0.05) is 12.2 Å². The highest BCUT2D eigenvalue weighted by atomic mass is 32.2. The second-order valence-corrected chi connectivity index (χ2v) is 14.4. The lowest BCUT2D eigenvalue weighted by Crippen LogP contribution is -2.68. The Hall–Kier alpha value is -1.26. The van der Waals surface area contributed by atoms with Crippen molar-refractivity contribution < 1.29 is 28.7 Å². The average Bonchev–Trinajstić information content (AvgIpc) is 3.03. The zero-order valence-corrected chi connectivity index (χ0v) is 20.9. The first kappa shape index (κ1) is 24.0. The Bertz CT molecular complexity index is 687. The molecule has 2 aliphatic heterocycles. The van der Waals surface area contributed by atoms with E-state index < -0.39 is 50.5 Å². The largest absolute Gasteiger partial charge is 0.480 e. The van der Waals surface area contributed by atoms with E-state index in [2.05, 4.69) is 26.1 Å². The second-order valence-electron chi connectivity index (χ2n) is 10.5. The fourth-order valence-electron chi connectivity index (χ4n) is 3.51. The van der Waals surface area contributed by atoms with Gasteiger partial charge in [0.15, 0.2) is 15.3 Å². The lowest BCUT2D eigenvalue weighted by molar-refractivity contribution is -0.151. The number of carboxylic acid groups (broad SMARTS) is 1. The zero-order chi connectivity index (χ0) is 22.4. The molecule has 0 spiro atoms. The highest BCUT2D eigenvalue weighted by Crippen LogP contribution is 2.47. The van der Waals surface area contributed by atoms with Gasteiger partial charge in [0.2, 0.25) is 0 Å². The summed E-state index contributed by atoms with van der Waals surface area (Å²) in [7, 11) is -1.05. The van der Waals surface area contributed by atoms with Crippen LogP contribution < -0.4 is 5.32 Å². The van der Waals surface area contributed by atoms with Gasteiger partial charge in [-0.05, 0) is 39.7 Å². The summed E-state index contributed by atoms with van der Waals surface area (Å²) >= 11 is 1.42. The quantitative estimate of drug-likeness (QED) is 0.623. The molecule has 0 unspecified atom stereocenters. The van der Waals surface area contributed by atoms with E-state index in [1.807, 2.05) is 0 Å². The van der Waals surface area contributed by atoms with Crippen molar-refractivity contribution in [2.24, 2.45) is 0 Å². The van der Waals surface area contributed by atoms with Crippen LogP contribution in [0.4, 0.5) is 4.79 Å². The van der Waals surface area contributed by atoms with Crippen molar-refractivity contribution in [2.45, 2.75) is 95.0 Å². The van der Waals surface area contributed by atoms with Crippen LogP contribution in [0.25, 0.3) is 0 Å². The van der Waals surface area contributed by atoms with Gasteiger partial charge in [-0.3, -0.25) is 4.79 Å². The number of carbonyl (C=O) groups is 3. The van der Waals surface area contributed by atoms with Crippen molar-refractivity contribution in [2.75, 3.05) is 5.75 Å². The number of alkyl carbamates (subject to hydrolysis) is 1. The minimum absolute atomic E-state index is 0.0134. The summed E-state index contributed by atoms with van der Waals surface area (Å²) in [6.07, 6.45) is -0.441. The van der Waals surface area contributed by atoms with Gasteiger partial charge >= 0.3 is 12.1 Å². The van der Waals surface area contributed by atoms with Gasteiger partial charge in [-0.15, -0.1) is 11.8 Å². The zero-order valence-electron chi connectivity index (χ0n) is 18.6. The maximum absolute atomic E-state index is 13.6. The van der Waals surface area contributed by atoms with Crippen molar-refractivity contribution in [1.29, 1.82) is 0 Å². The summed E-state index contributed by atoms with van der Waals surface area (Å²) in [6, 6.07) is -0.907. The van der Waals surface area contributed by atoms with Crippen molar-refractivity contribution in [3.8, 4) is 0 Å². The SMILES string of the molecule is CC(C)(C)OC(=O)N[C@]1(C(C)(C)O[SiH2]C(C)(C)C)C[C@@H]2SC[C@@H](C(=O)O)N2C1=O. The third-order valence-electron chi connectivity index (χ3n) is 5.07. The van der Waals surface area contributed by atoms with Crippen LogP contribution in [0, 0.1) is 0 Å². The summed E-state index contributed by atoms with van der Waals surface area (Å²) in [5, 5.41) is 12.0. The van der Waals surface area contributed by atoms with Gasteiger partial charge in [0.25, 0.3) is 5.91 Å². The predicted octanol–water partition coefficient (Wildman–Crippen LogP) is 2.11. The molecule has 2 N–H and O–H groups in total. The van der Waals surface area contributed by atoms with E-state index in [-0.39, 0.29) is 16.8 Å². The van der Waals surface area contributed by atoms with Crippen molar-refractivity contribution in [1.82, 2.24) is 10.2 Å². The summed E-state index contributed by atoms with van der Waals surface area (Å²) in [6.45, 7) is 15.1. The van der Waals surface area contributed by atoms with E-state index in [0.717, 1.165) is 0 Å². The Morgan fingerprint density at radius 2 is 1.79 bits per heavy atom. The van der Waals surface area contributed by atoms with Gasteiger partial charge in [-0.1, -0.05) is 20.8 Å². The fraction of sp³-hybridized carbons (Fsp3) is 0.842. The average molecular weight is 447 g/mol. The van der Waals surface area contributed by atoms with E-state index in [4.69, 9.17) is 9.16 Å². The summed E-state index contributed by atoms with van der Waals surface area (Å²) in [4.78, 5) is 39.4. The minimum atomic E-state index is -1.39. The molecule has 2 rings (SSSR count). The first-order valence-electron chi connectivity index (χ1n) is 9.81. The standard InChI is InChI=1S/C19H34N2O6SSi/c1-16(2,3)26-15(25)20-19(18(7,8)27-29-17(4,5)6)9-12-21(14(19)24)11(10-28-12)13(22)23/h11-12H,9-10,29H2,1-8H3,(H,20,25)(H,22,23)/t11-,12-,19+/m0/s1. The molecule has 0 aromatic rings. The molecule has 8 nitrogen and oxygen atoms in total. The van der Waals surface area contributed by atoms with Crippen LogP contribution in [0.3, 0.4) is 0 Å². The Morgan fingerprint density at radius 1 is 1.21 bits per heavy atom. The van der Waals surface area contributed by atoms with Crippen LogP contribution in [-0.4, -0.2) is 71.6 Å². The van der Waals surface area contributed by atoms with Gasteiger partial charge in [-0.25, -0.2) is 9.59 Å². The van der Waals surface area contributed by atoms with Gasteiger partial charge < -0.3 is 24.5 Å². The molecule has 3 atom stereocenters. The molecule has 2 aliphatic rings. The van der Waals surface area contributed by atoms with E-state index in [1.165, 1.54) is 16.7 Å². The topological polar surface area (TPSA) is 105 Å². The number of nitrogens with zero attached hydrogens (tertiary/aromatic N) is 1. The molecule has 0 bridgehead atoms. The van der Waals surface area contributed by atoms with Gasteiger partial charge in [0.05, 0.1) is 11.0 Å². The number of rotatable bonds is 5. The predicted molar refractivity (Wildman–Crippen MR) is 115 cm³/mol. The number of carboxylic acids is 1. The second kappa shape index (κ2) is 7.77. The molecule has 2 amide bonds. The summed E-state index contributed by atoms with van der Waals surface area (Å²) in [5.41, 5.74) is -3.14. The summed E-state index contributed by atoms with van der Waals surface area (Å²) in [5.74, 6) is -1.12. The molecule has 2 saturated heterocycles. The first-order chi connectivity index (χ1) is 13.0. The fourth-order valence-corrected chi connectivity index (χ4v) is 6.03. The number of fused-ring (bicyclic) bond motifs is 1. The van der Waals surface area contributed by atoms with Crippen molar-refractivity contribution in [3.05, 3.63) is 0 Å². The van der Waals surface area contributed by atoms with Crippen LogP contribution in [0.5, 0.6) is 0 Å². The number of nitrogens with one attached hydrogen (secondary N) is 1. The van der Waals surface area contributed by atoms with Crippen LogP contribution >= 0.6 is 11.8 Å². The molecule has 0 saturated carbocycles. The third-order valence-corrected chi connectivity index (χ3v) is 8.08. The van der Waals surface area contributed by atoms with Gasteiger partial charge in [0.1, 0.15) is 11.6 Å². The van der Waals surface area contributed by atoms with Gasteiger partial charge in [-0.2, -0.15) is 0 Å². The lowest BCUT2D eigenvalue weighted by Gasteiger charge is -2.44. The van der Waals surface area contributed by atoms with E-state index in [0.29, 0.717) is 5.75 Å². The number of ether oxygens (including phenoxy) is 1. The highest BCUT2D eigenvalue weighted by molar-refractivity contribution is 8.00. The number of hydrogen-bond acceptors (Lipinski definition) is 6. The van der Waals surface area contributed by atoms with Crippen LogP contribution in [-0.2, 0) is 18.8 Å². The molecule has 0 aromatic heterocycles. The molecular formula is C19H34N2O6SSi. The van der Waals surface area contributed by atoms with Crippen LogP contribution in [0.15, 0.2) is 0 Å². The maximum atomic E-state index is 13.6. The number of aliphatic carboxylic acids is 1. The monoisotopic (exact) mass is 446 g/mol. The Labute approximate surface area is 179 Å².